The summed E-state index contributed by atoms with van der Waals surface area (Å²) in [6.45, 7) is 2.09. The summed E-state index contributed by atoms with van der Waals surface area (Å²) in [5.41, 5.74) is 0. The van der Waals surface area contributed by atoms with E-state index in [0.29, 0.717) is 0 Å². The maximum absolute atomic E-state index is 2.58. The molecule has 0 spiro atoms. The zero-order chi connectivity index (χ0) is 2.71. The van der Waals surface area contributed by atoms with Gasteiger partial charge in [-0.3, -0.25) is 0 Å². The molecular formula is C2H7LiP. The minimum Gasteiger partial charge on any atom is -0.138 e. The summed E-state index contributed by atoms with van der Waals surface area (Å²) in [4.78, 5) is 0. The van der Waals surface area contributed by atoms with Gasteiger partial charge < -0.3 is 0 Å². The van der Waals surface area contributed by atoms with Crippen molar-refractivity contribution in [1.29, 1.82) is 0 Å². The summed E-state index contributed by atoms with van der Waals surface area (Å²) < 4.78 is 0. The third kappa shape index (κ3) is 11.8. The molecule has 21 valence electrons. The number of hydrogen-bond acceptors (Lipinski definition) is 0. The van der Waals surface area contributed by atoms with Crippen LogP contribution in [0.15, 0.2) is 0 Å². The SMILES string of the molecule is CCP.[Li]. The van der Waals surface area contributed by atoms with Crippen LogP contribution in [-0.4, -0.2) is 25.0 Å². The summed E-state index contributed by atoms with van der Waals surface area (Å²) in [5.74, 6) is 0. The van der Waals surface area contributed by atoms with Crippen molar-refractivity contribution in [3.8, 4) is 0 Å². The van der Waals surface area contributed by atoms with Crippen LogP contribution in [0.1, 0.15) is 6.92 Å². The zero-order valence-electron chi connectivity index (χ0n) is 3.28. The van der Waals surface area contributed by atoms with Gasteiger partial charge in [-0.25, -0.2) is 0 Å². The van der Waals surface area contributed by atoms with Gasteiger partial charge in [-0.05, 0) is 6.16 Å². The molecule has 0 fully saturated rings. The molecule has 0 aromatic heterocycles. The predicted molar refractivity (Wildman–Crippen MR) is 26.0 cm³/mol. The molecule has 0 saturated carbocycles. The van der Waals surface area contributed by atoms with E-state index in [1.165, 1.54) is 6.16 Å². The Hall–Kier alpha value is 1.03. The summed E-state index contributed by atoms with van der Waals surface area (Å²) in [6, 6.07) is 0. The van der Waals surface area contributed by atoms with E-state index < -0.39 is 0 Å². The van der Waals surface area contributed by atoms with Gasteiger partial charge in [0.05, 0.1) is 0 Å². The third-order valence-corrected chi connectivity index (χ3v) is 0. The van der Waals surface area contributed by atoms with Gasteiger partial charge in [0.15, 0.2) is 0 Å². The molecule has 0 rings (SSSR count). The number of hydrogen-bond donors (Lipinski definition) is 0. The second kappa shape index (κ2) is 8.98. The molecule has 0 aromatic carbocycles. The van der Waals surface area contributed by atoms with Gasteiger partial charge in [0, 0.05) is 18.9 Å². The Balaban J connectivity index is 0. The predicted octanol–water partition coefficient (Wildman–Crippen LogP) is 0.501. The van der Waals surface area contributed by atoms with Crippen molar-refractivity contribution >= 4 is 28.1 Å². The number of rotatable bonds is 0. The van der Waals surface area contributed by atoms with Crippen molar-refractivity contribution in [3.05, 3.63) is 0 Å². The molecule has 0 aliphatic carbocycles. The second-order valence-electron chi connectivity index (χ2n) is 0.408. The standard InChI is InChI=1S/C2H7P.Li/c1-2-3;/h2-3H2,1H3;. The van der Waals surface area contributed by atoms with Crippen LogP contribution in [0.5, 0.6) is 0 Å². The summed E-state index contributed by atoms with van der Waals surface area (Å²) >= 11 is 0. The van der Waals surface area contributed by atoms with Crippen LogP contribution < -0.4 is 0 Å². The van der Waals surface area contributed by atoms with E-state index in [-0.39, 0.29) is 18.9 Å². The molecule has 0 N–H and O–H groups in total. The normalized spacial score (nSPS) is 4.50. The first-order valence-electron chi connectivity index (χ1n) is 1.12. The average Bonchev–Trinajstić information content (AvgIpc) is 0.918. The third-order valence-electron chi connectivity index (χ3n) is 0. The fraction of sp³-hybridized carbons (Fsp3) is 1.00. The molecule has 0 nitrogen and oxygen atoms in total. The first-order valence-corrected chi connectivity index (χ1v) is 1.93. The van der Waals surface area contributed by atoms with Crippen LogP contribution in [0.25, 0.3) is 0 Å². The minimum absolute atomic E-state index is 0. The average molecular weight is 69.0 g/mol. The molecule has 0 saturated heterocycles. The van der Waals surface area contributed by atoms with E-state index in [9.17, 15) is 0 Å². The summed E-state index contributed by atoms with van der Waals surface area (Å²) in [7, 11) is 2.58. The molecule has 1 unspecified atom stereocenters. The van der Waals surface area contributed by atoms with Crippen LogP contribution >= 0.6 is 9.24 Å². The maximum Gasteiger partial charge on any atom is 0 e. The topological polar surface area (TPSA) is 0 Å². The Labute approximate surface area is 41.7 Å². The van der Waals surface area contributed by atoms with Crippen LogP contribution in [0, 0.1) is 0 Å². The van der Waals surface area contributed by atoms with Gasteiger partial charge in [-0.15, -0.1) is 9.24 Å². The Morgan fingerprint density at radius 1 is 1.75 bits per heavy atom. The van der Waals surface area contributed by atoms with Crippen molar-refractivity contribution in [3.63, 3.8) is 0 Å². The Kier molecular flexibility index (Phi) is 20.0. The van der Waals surface area contributed by atoms with Crippen LogP contribution in [0.2, 0.25) is 0 Å². The smallest absolute Gasteiger partial charge is 0 e. The first-order chi connectivity index (χ1) is 1.41. The van der Waals surface area contributed by atoms with Crippen molar-refractivity contribution in [1.82, 2.24) is 0 Å². The van der Waals surface area contributed by atoms with E-state index in [4.69, 9.17) is 0 Å². The van der Waals surface area contributed by atoms with Crippen molar-refractivity contribution in [2.24, 2.45) is 0 Å². The molecule has 4 heavy (non-hydrogen) atoms. The van der Waals surface area contributed by atoms with E-state index >= 15 is 0 Å². The van der Waals surface area contributed by atoms with Gasteiger partial charge in [-0.1, -0.05) is 6.92 Å². The molecule has 1 atom stereocenters. The molecule has 0 amide bonds. The fourth-order valence-corrected chi connectivity index (χ4v) is 0. The van der Waals surface area contributed by atoms with Crippen LogP contribution in [-0.2, 0) is 0 Å². The Bertz CT molecular complexity index is 6.00. The molecule has 0 heterocycles. The van der Waals surface area contributed by atoms with Gasteiger partial charge in [-0.2, -0.15) is 0 Å². The first kappa shape index (κ1) is 8.90. The molecular weight excluding hydrogens is 61.9 g/mol. The second-order valence-corrected chi connectivity index (χ2v) is 1.22. The molecule has 0 aromatic rings. The molecule has 0 bridgehead atoms. The zero-order valence-corrected chi connectivity index (χ0v) is 4.44. The van der Waals surface area contributed by atoms with Gasteiger partial charge in [0.25, 0.3) is 0 Å². The van der Waals surface area contributed by atoms with Crippen molar-refractivity contribution < 1.29 is 0 Å². The largest absolute Gasteiger partial charge is 0.138 e. The maximum atomic E-state index is 2.58. The molecule has 0 aliphatic heterocycles. The fourth-order valence-electron chi connectivity index (χ4n) is 0. The van der Waals surface area contributed by atoms with E-state index in [1.54, 1.807) is 0 Å². The Morgan fingerprint density at radius 3 is 1.75 bits per heavy atom. The van der Waals surface area contributed by atoms with E-state index in [1.807, 2.05) is 0 Å². The van der Waals surface area contributed by atoms with Crippen molar-refractivity contribution in [2.75, 3.05) is 6.16 Å². The minimum atomic E-state index is 0. The Morgan fingerprint density at radius 2 is 1.75 bits per heavy atom. The monoisotopic (exact) mass is 69.0 g/mol. The van der Waals surface area contributed by atoms with Gasteiger partial charge in [0.1, 0.15) is 0 Å². The van der Waals surface area contributed by atoms with Gasteiger partial charge >= 0.3 is 0 Å². The van der Waals surface area contributed by atoms with Crippen molar-refractivity contribution in [2.45, 2.75) is 6.92 Å². The summed E-state index contributed by atoms with van der Waals surface area (Å²) in [6.07, 6.45) is 1.17. The van der Waals surface area contributed by atoms with E-state index in [0.717, 1.165) is 0 Å². The summed E-state index contributed by atoms with van der Waals surface area (Å²) in [5, 5.41) is 0. The molecule has 1 radical (unpaired) electrons. The van der Waals surface area contributed by atoms with E-state index in [2.05, 4.69) is 16.2 Å². The molecule has 2 heteroatoms. The van der Waals surface area contributed by atoms with Crippen LogP contribution in [0.3, 0.4) is 0 Å². The van der Waals surface area contributed by atoms with Crippen LogP contribution in [0.4, 0.5) is 0 Å². The molecule has 0 aliphatic rings. The van der Waals surface area contributed by atoms with Gasteiger partial charge in [0.2, 0.25) is 0 Å². The quantitative estimate of drug-likeness (QED) is 0.287.